The lowest BCUT2D eigenvalue weighted by Gasteiger charge is -2.18. The molecule has 112 valence electrons. The van der Waals surface area contributed by atoms with Gasteiger partial charge in [-0.25, -0.2) is 13.2 Å². The fraction of sp³-hybridized carbons (Fsp3) is 0.455. The Morgan fingerprint density at radius 1 is 1.25 bits per heavy atom. The van der Waals surface area contributed by atoms with Gasteiger partial charge in [0.1, 0.15) is 0 Å². The monoisotopic (exact) mass is 372 g/mol. The summed E-state index contributed by atoms with van der Waals surface area (Å²) in [4.78, 5) is 0. The van der Waals surface area contributed by atoms with E-state index in [4.69, 9.17) is 0 Å². The van der Waals surface area contributed by atoms with Gasteiger partial charge in [-0.2, -0.15) is 12.7 Å². The molecule has 1 N–H and O–H groups in total. The van der Waals surface area contributed by atoms with Crippen molar-refractivity contribution in [1.82, 2.24) is 4.31 Å². The third-order valence-electron chi connectivity index (χ3n) is 2.95. The van der Waals surface area contributed by atoms with Crippen LogP contribution in [0.25, 0.3) is 0 Å². The molecule has 0 saturated carbocycles. The molecule has 0 atom stereocenters. The Labute approximate surface area is 123 Å². The van der Waals surface area contributed by atoms with Gasteiger partial charge < -0.3 is 0 Å². The van der Waals surface area contributed by atoms with Crippen LogP contribution in [0.5, 0.6) is 0 Å². The van der Waals surface area contributed by atoms with Crippen LogP contribution in [0.1, 0.15) is 24.8 Å². The number of rotatable bonds is 4. The summed E-state index contributed by atoms with van der Waals surface area (Å²) in [5.74, 6) is -0.919. The number of halogens is 4. The number of benzene rings is 1. The molecule has 1 aliphatic rings. The number of hydrogen-bond donors (Lipinski definition) is 1. The first-order valence-corrected chi connectivity index (χ1v) is 8.09. The predicted octanol–water partition coefficient (Wildman–Crippen LogP) is 3.28. The molecule has 0 aliphatic carbocycles. The average Bonchev–Trinajstić information content (AvgIpc) is 2.88. The fourth-order valence-electron chi connectivity index (χ4n) is 1.94. The summed E-state index contributed by atoms with van der Waals surface area (Å²) in [7, 11) is -3.92. The maximum Gasteiger partial charge on any atom is 0.301 e. The summed E-state index contributed by atoms with van der Waals surface area (Å²) < 4.78 is 66.1. The lowest BCUT2D eigenvalue weighted by atomic mass is 10.2. The first-order valence-electron chi connectivity index (χ1n) is 5.86. The van der Waals surface area contributed by atoms with E-state index < -0.39 is 33.7 Å². The third kappa shape index (κ3) is 3.26. The van der Waals surface area contributed by atoms with Gasteiger partial charge in [-0.1, -0.05) is 0 Å². The van der Waals surface area contributed by atoms with Crippen molar-refractivity contribution in [2.24, 2.45) is 0 Å². The van der Waals surface area contributed by atoms with Crippen LogP contribution in [0.4, 0.5) is 18.9 Å². The lowest BCUT2D eigenvalue weighted by molar-refractivity contribution is 0.151. The molecule has 9 heteroatoms. The predicted molar refractivity (Wildman–Crippen MR) is 72.4 cm³/mol. The zero-order valence-electron chi connectivity index (χ0n) is 10.2. The topological polar surface area (TPSA) is 49.4 Å². The van der Waals surface area contributed by atoms with E-state index in [0.29, 0.717) is 13.1 Å². The van der Waals surface area contributed by atoms with Crippen LogP contribution in [-0.2, 0) is 10.2 Å². The Kier molecular flexibility index (Phi) is 4.60. The second-order valence-electron chi connectivity index (χ2n) is 4.38. The van der Waals surface area contributed by atoms with Crippen molar-refractivity contribution in [1.29, 1.82) is 0 Å². The van der Waals surface area contributed by atoms with E-state index in [1.807, 2.05) is 4.72 Å². The van der Waals surface area contributed by atoms with Crippen LogP contribution in [0.2, 0.25) is 0 Å². The number of anilines is 1. The maximum absolute atomic E-state index is 13.8. The van der Waals surface area contributed by atoms with Crippen LogP contribution in [0.3, 0.4) is 0 Å². The molecule has 1 saturated heterocycles. The standard InChI is InChI=1S/C11H12BrF3N2O2S/c12-8-5-7(11(14)15)6-9(10(8)13)16-20(18,19)17-3-1-2-4-17/h5-6,11,16H,1-4H2. The van der Waals surface area contributed by atoms with E-state index in [1.54, 1.807) is 0 Å². The Balaban J connectivity index is 2.33. The molecular weight excluding hydrogens is 361 g/mol. The zero-order valence-corrected chi connectivity index (χ0v) is 12.6. The van der Waals surface area contributed by atoms with Gasteiger partial charge in [0.25, 0.3) is 6.43 Å². The minimum atomic E-state index is -3.92. The second kappa shape index (κ2) is 5.90. The Bertz CT molecular complexity index is 604. The van der Waals surface area contributed by atoms with Crippen molar-refractivity contribution in [3.63, 3.8) is 0 Å². The molecule has 1 aromatic rings. The first-order chi connectivity index (χ1) is 9.31. The molecule has 0 spiro atoms. The van der Waals surface area contributed by atoms with Gasteiger partial charge >= 0.3 is 10.2 Å². The van der Waals surface area contributed by atoms with E-state index in [1.165, 1.54) is 0 Å². The van der Waals surface area contributed by atoms with E-state index in [0.717, 1.165) is 29.3 Å². The highest BCUT2D eigenvalue weighted by Gasteiger charge is 2.27. The molecule has 1 aromatic carbocycles. The lowest BCUT2D eigenvalue weighted by Crippen LogP contribution is -2.33. The zero-order chi connectivity index (χ0) is 14.9. The molecule has 0 amide bonds. The summed E-state index contributed by atoms with van der Waals surface area (Å²) in [6.07, 6.45) is -1.36. The molecule has 0 unspecified atom stereocenters. The quantitative estimate of drug-likeness (QED) is 0.881. The van der Waals surface area contributed by atoms with Crippen molar-refractivity contribution >= 4 is 31.8 Å². The van der Waals surface area contributed by atoms with Gasteiger partial charge in [0.05, 0.1) is 10.2 Å². The first kappa shape index (κ1) is 15.6. The molecular formula is C11H12BrF3N2O2S. The molecule has 0 radical (unpaired) electrons. The van der Waals surface area contributed by atoms with Crippen LogP contribution < -0.4 is 4.72 Å². The summed E-state index contributed by atoms with van der Waals surface area (Å²) in [6.45, 7) is 0.680. The van der Waals surface area contributed by atoms with Crippen molar-refractivity contribution in [2.45, 2.75) is 19.3 Å². The SMILES string of the molecule is O=S(=O)(Nc1cc(C(F)F)cc(Br)c1F)N1CCCC1. The summed E-state index contributed by atoms with van der Waals surface area (Å²) >= 11 is 2.80. The number of alkyl halides is 2. The average molecular weight is 373 g/mol. The molecule has 20 heavy (non-hydrogen) atoms. The molecule has 1 fully saturated rings. The number of nitrogens with one attached hydrogen (secondary N) is 1. The van der Waals surface area contributed by atoms with Gasteiger partial charge in [0.2, 0.25) is 0 Å². The Morgan fingerprint density at radius 3 is 2.40 bits per heavy atom. The van der Waals surface area contributed by atoms with Gasteiger partial charge in [0, 0.05) is 18.7 Å². The summed E-state index contributed by atoms with van der Waals surface area (Å²) in [5.41, 5.74) is -0.945. The van der Waals surface area contributed by atoms with E-state index >= 15 is 0 Å². The van der Waals surface area contributed by atoms with E-state index in [-0.39, 0.29) is 4.47 Å². The largest absolute Gasteiger partial charge is 0.301 e. The summed E-state index contributed by atoms with van der Waals surface area (Å²) in [5, 5.41) is 0. The van der Waals surface area contributed by atoms with Gasteiger partial charge in [-0.3, -0.25) is 4.72 Å². The second-order valence-corrected chi connectivity index (χ2v) is 6.90. The highest BCUT2D eigenvalue weighted by molar-refractivity contribution is 9.10. The highest BCUT2D eigenvalue weighted by atomic mass is 79.9. The van der Waals surface area contributed by atoms with Crippen molar-refractivity contribution in [3.8, 4) is 0 Å². The molecule has 1 heterocycles. The van der Waals surface area contributed by atoms with Crippen LogP contribution in [-0.4, -0.2) is 25.8 Å². The Morgan fingerprint density at radius 2 is 1.85 bits per heavy atom. The van der Waals surface area contributed by atoms with E-state index in [2.05, 4.69) is 15.9 Å². The summed E-state index contributed by atoms with van der Waals surface area (Å²) in [6, 6.07) is 1.73. The third-order valence-corrected chi connectivity index (χ3v) is 5.05. The van der Waals surface area contributed by atoms with Gasteiger partial charge in [-0.05, 0) is 40.9 Å². The van der Waals surface area contributed by atoms with Crippen molar-refractivity contribution in [2.75, 3.05) is 17.8 Å². The van der Waals surface area contributed by atoms with Crippen molar-refractivity contribution in [3.05, 3.63) is 28.0 Å². The normalized spacial score (nSPS) is 16.9. The van der Waals surface area contributed by atoms with Crippen LogP contribution in [0.15, 0.2) is 16.6 Å². The smallest absolute Gasteiger partial charge is 0.268 e. The Hall–Kier alpha value is -0.800. The molecule has 0 aromatic heterocycles. The number of hydrogen-bond acceptors (Lipinski definition) is 2. The maximum atomic E-state index is 13.8. The van der Waals surface area contributed by atoms with Crippen LogP contribution in [0, 0.1) is 5.82 Å². The fourth-order valence-corrected chi connectivity index (χ4v) is 3.71. The van der Waals surface area contributed by atoms with Gasteiger partial charge in [0.15, 0.2) is 5.82 Å². The van der Waals surface area contributed by atoms with Gasteiger partial charge in [-0.15, -0.1) is 0 Å². The molecule has 4 nitrogen and oxygen atoms in total. The van der Waals surface area contributed by atoms with Crippen LogP contribution >= 0.6 is 15.9 Å². The number of nitrogens with zero attached hydrogens (tertiary/aromatic N) is 1. The highest BCUT2D eigenvalue weighted by Crippen LogP contribution is 2.31. The molecule has 1 aliphatic heterocycles. The minimum absolute atomic E-state index is 0.213. The molecule has 0 bridgehead atoms. The van der Waals surface area contributed by atoms with Crippen molar-refractivity contribution < 1.29 is 21.6 Å². The van der Waals surface area contributed by atoms with E-state index in [9.17, 15) is 21.6 Å². The molecule has 2 rings (SSSR count). The minimum Gasteiger partial charge on any atom is -0.268 e.